The number of aryl methyl sites for hydroxylation is 1. The van der Waals surface area contributed by atoms with Crippen molar-refractivity contribution in [2.75, 3.05) is 25.5 Å². The van der Waals surface area contributed by atoms with Crippen LogP contribution in [0, 0.1) is 0 Å². The molecule has 0 spiro atoms. The maximum atomic E-state index is 4.60. The number of benzene rings is 1. The average Bonchev–Trinajstić information content (AvgIpc) is 2.72. The van der Waals surface area contributed by atoms with Gasteiger partial charge in [0.05, 0.1) is 11.0 Å². The Hall–Kier alpha value is -1.55. The maximum absolute atomic E-state index is 4.60. The molecule has 2 rings (SSSR count). The number of para-hydroxylation sites is 2. The van der Waals surface area contributed by atoms with Crippen molar-refractivity contribution < 1.29 is 0 Å². The van der Waals surface area contributed by atoms with Gasteiger partial charge in [0.25, 0.3) is 0 Å². The summed E-state index contributed by atoms with van der Waals surface area (Å²) in [7, 11) is 4.22. The molecule has 0 aliphatic carbocycles. The zero-order valence-electron chi connectivity index (χ0n) is 12.3. The highest BCUT2D eigenvalue weighted by atomic mass is 15.2. The third-order valence-electron chi connectivity index (χ3n) is 3.64. The Morgan fingerprint density at radius 1 is 1.32 bits per heavy atom. The smallest absolute Gasteiger partial charge is 0.203 e. The molecule has 1 N–H and O–H groups in total. The van der Waals surface area contributed by atoms with Crippen molar-refractivity contribution in [3.63, 3.8) is 0 Å². The van der Waals surface area contributed by atoms with E-state index in [1.54, 1.807) is 0 Å². The number of hydrogen-bond donors (Lipinski definition) is 1. The molecule has 0 saturated carbocycles. The summed E-state index contributed by atoms with van der Waals surface area (Å²) in [5.74, 6) is 0.952. The second-order valence-electron chi connectivity index (χ2n) is 5.34. The van der Waals surface area contributed by atoms with Crippen molar-refractivity contribution >= 4 is 17.0 Å². The van der Waals surface area contributed by atoms with Crippen LogP contribution >= 0.6 is 0 Å². The second-order valence-corrected chi connectivity index (χ2v) is 5.34. The van der Waals surface area contributed by atoms with Crippen molar-refractivity contribution in [2.45, 2.75) is 26.3 Å². The van der Waals surface area contributed by atoms with Crippen molar-refractivity contribution in [3.8, 4) is 0 Å². The molecule has 0 aliphatic heterocycles. The van der Waals surface area contributed by atoms with E-state index in [0.717, 1.165) is 31.0 Å². The van der Waals surface area contributed by atoms with Crippen LogP contribution in [0.15, 0.2) is 24.3 Å². The molecule has 104 valence electrons. The molecule has 1 aromatic carbocycles. The third kappa shape index (κ3) is 3.26. The Morgan fingerprint density at radius 2 is 2.05 bits per heavy atom. The van der Waals surface area contributed by atoms with Crippen LogP contribution in [0.5, 0.6) is 0 Å². The molecule has 1 heterocycles. The summed E-state index contributed by atoms with van der Waals surface area (Å²) in [6.45, 7) is 6.50. The molecule has 0 unspecified atom stereocenters. The number of hydrogen-bond acceptors (Lipinski definition) is 3. The third-order valence-corrected chi connectivity index (χ3v) is 3.64. The van der Waals surface area contributed by atoms with Gasteiger partial charge < -0.3 is 14.8 Å². The van der Waals surface area contributed by atoms with Gasteiger partial charge in [-0.15, -0.1) is 0 Å². The van der Waals surface area contributed by atoms with Gasteiger partial charge in [0.1, 0.15) is 0 Å². The zero-order chi connectivity index (χ0) is 13.8. The van der Waals surface area contributed by atoms with Gasteiger partial charge in [-0.3, -0.25) is 0 Å². The van der Waals surface area contributed by atoms with Gasteiger partial charge in [0, 0.05) is 19.6 Å². The van der Waals surface area contributed by atoms with Crippen LogP contribution in [0.4, 0.5) is 5.95 Å². The minimum Gasteiger partial charge on any atom is -0.356 e. The summed E-state index contributed by atoms with van der Waals surface area (Å²) in [6.07, 6.45) is 1.12. The Kier molecular flexibility index (Phi) is 4.43. The Balaban J connectivity index is 1.90. The van der Waals surface area contributed by atoms with Gasteiger partial charge in [0.2, 0.25) is 5.95 Å². The molecular formula is C15H24N4. The maximum Gasteiger partial charge on any atom is 0.203 e. The van der Waals surface area contributed by atoms with E-state index in [-0.39, 0.29) is 0 Å². The van der Waals surface area contributed by atoms with Crippen molar-refractivity contribution in [1.82, 2.24) is 14.5 Å². The van der Waals surface area contributed by atoms with E-state index in [0.29, 0.717) is 6.04 Å². The summed E-state index contributed by atoms with van der Waals surface area (Å²) >= 11 is 0. The van der Waals surface area contributed by atoms with Gasteiger partial charge in [-0.2, -0.15) is 0 Å². The van der Waals surface area contributed by atoms with E-state index in [1.807, 2.05) is 18.2 Å². The highest BCUT2D eigenvalue weighted by Gasteiger charge is 2.06. The van der Waals surface area contributed by atoms with Gasteiger partial charge in [-0.1, -0.05) is 12.1 Å². The highest BCUT2D eigenvalue weighted by Crippen LogP contribution is 2.17. The number of rotatable bonds is 6. The first-order chi connectivity index (χ1) is 9.09. The molecular weight excluding hydrogens is 236 g/mol. The van der Waals surface area contributed by atoms with Gasteiger partial charge in [-0.05, 0) is 46.0 Å². The average molecular weight is 260 g/mol. The second kappa shape index (κ2) is 6.06. The predicted molar refractivity (Wildman–Crippen MR) is 81.6 cm³/mol. The number of fused-ring (bicyclic) bond motifs is 1. The Bertz CT molecular complexity index is 530. The Labute approximate surface area is 115 Å². The van der Waals surface area contributed by atoms with E-state index in [2.05, 4.69) is 53.8 Å². The SMILES string of the molecule is CC(C)N(C)CCCNc1nc2ccccc2n1C. The van der Waals surface area contributed by atoms with Crippen LogP contribution < -0.4 is 5.32 Å². The van der Waals surface area contributed by atoms with Crippen molar-refractivity contribution in [2.24, 2.45) is 7.05 Å². The van der Waals surface area contributed by atoms with Crippen LogP contribution in [-0.4, -0.2) is 40.6 Å². The largest absolute Gasteiger partial charge is 0.356 e. The van der Waals surface area contributed by atoms with Crippen LogP contribution in [0.2, 0.25) is 0 Å². The normalized spacial score (nSPS) is 11.7. The summed E-state index contributed by atoms with van der Waals surface area (Å²) < 4.78 is 2.11. The van der Waals surface area contributed by atoms with Crippen LogP contribution in [0.3, 0.4) is 0 Å². The lowest BCUT2D eigenvalue weighted by Gasteiger charge is -2.20. The lowest BCUT2D eigenvalue weighted by atomic mass is 10.3. The van der Waals surface area contributed by atoms with Gasteiger partial charge in [0.15, 0.2) is 0 Å². The molecule has 0 aliphatic rings. The molecule has 0 saturated heterocycles. The predicted octanol–water partition coefficient (Wildman–Crippen LogP) is 2.72. The minimum atomic E-state index is 0.607. The lowest BCUT2D eigenvalue weighted by Crippen LogP contribution is -2.28. The van der Waals surface area contributed by atoms with E-state index in [9.17, 15) is 0 Å². The van der Waals surface area contributed by atoms with Crippen LogP contribution in [0.25, 0.3) is 11.0 Å². The molecule has 0 bridgehead atoms. The summed E-state index contributed by atoms with van der Waals surface area (Å²) in [4.78, 5) is 6.96. The summed E-state index contributed by atoms with van der Waals surface area (Å²) in [6, 6.07) is 8.82. The molecule has 19 heavy (non-hydrogen) atoms. The molecule has 1 aromatic heterocycles. The van der Waals surface area contributed by atoms with E-state index in [4.69, 9.17) is 0 Å². The fourth-order valence-corrected chi connectivity index (χ4v) is 2.09. The quantitative estimate of drug-likeness (QED) is 0.811. The van der Waals surface area contributed by atoms with E-state index in [1.165, 1.54) is 5.52 Å². The highest BCUT2D eigenvalue weighted by molar-refractivity contribution is 5.78. The molecule has 2 aromatic rings. The standard InChI is InChI=1S/C15H24N4/c1-12(2)18(3)11-7-10-16-15-17-13-8-5-6-9-14(13)19(15)4/h5-6,8-9,12H,7,10-11H2,1-4H3,(H,16,17). The topological polar surface area (TPSA) is 33.1 Å². The first-order valence-corrected chi connectivity index (χ1v) is 6.95. The minimum absolute atomic E-state index is 0.607. The fourth-order valence-electron chi connectivity index (χ4n) is 2.09. The summed E-state index contributed by atoms with van der Waals surface area (Å²) in [5, 5.41) is 3.42. The molecule has 0 amide bonds. The number of nitrogens with zero attached hydrogens (tertiary/aromatic N) is 3. The van der Waals surface area contributed by atoms with E-state index < -0.39 is 0 Å². The Morgan fingerprint density at radius 3 is 2.74 bits per heavy atom. The fraction of sp³-hybridized carbons (Fsp3) is 0.533. The molecule has 0 radical (unpaired) electrons. The van der Waals surface area contributed by atoms with Crippen molar-refractivity contribution in [1.29, 1.82) is 0 Å². The van der Waals surface area contributed by atoms with E-state index >= 15 is 0 Å². The first kappa shape index (κ1) is 13.9. The van der Waals surface area contributed by atoms with Gasteiger partial charge in [-0.25, -0.2) is 4.98 Å². The molecule has 4 nitrogen and oxygen atoms in total. The number of anilines is 1. The molecule has 0 atom stereocenters. The number of aromatic nitrogens is 2. The molecule has 0 fully saturated rings. The monoisotopic (exact) mass is 260 g/mol. The zero-order valence-corrected chi connectivity index (χ0v) is 12.3. The molecule has 4 heteroatoms. The lowest BCUT2D eigenvalue weighted by molar-refractivity contribution is 0.273. The number of imidazole rings is 1. The van der Waals surface area contributed by atoms with Gasteiger partial charge >= 0.3 is 0 Å². The van der Waals surface area contributed by atoms with Crippen LogP contribution in [-0.2, 0) is 7.05 Å². The van der Waals surface area contributed by atoms with Crippen LogP contribution in [0.1, 0.15) is 20.3 Å². The number of nitrogens with one attached hydrogen (secondary N) is 1. The van der Waals surface area contributed by atoms with Crippen molar-refractivity contribution in [3.05, 3.63) is 24.3 Å². The first-order valence-electron chi connectivity index (χ1n) is 6.95. The summed E-state index contributed by atoms with van der Waals surface area (Å²) in [5.41, 5.74) is 2.22.